The van der Waals surface area contributed by atoms with Crippen LogP contribution in [0.15, 0.2) is 0 Å². The normalized spacial score (nSPS) is 12.4. The average Bonchev–Trinajstić information content (AvgIpc) is 2.17. The van der Waals surface area contributed by atoms with E-state index < -0.39 is 0 Å². The van der Waals surface area contributed by atoms with E-state index in [1.807, 2.05) is 6.92 Å². The summed E-state index contributed by atoms with van der Waals surface area (Å²) in [6.07, 6.45) is 1.28. The molecule has 76 valence electrons. The van der Waals surface area contributed by atoms with Gasteiger partial charge in [0.2, 0.25) is 0 Å². The van der Waals surface area contributed by atoms with Crippen LogP contribution in [0.5, 0.6) is 0 Å². The van der Waals surface area contributed by atoms with Gasteiger partial charge in [0, 0.05) is 20.6 Å². The maximum absolute atomic E-state index is 5.35. The van der Waals surface area contributed by atoms with Crippen molar-refractivity contribution in [2.24, 2.45) is 5.84 Å². The molecule has 4 nitrogen and oxygen atoms in total. The summed E-state index contributed by atoms with van der Waals surface area (Å²) in [6, 6.07) is -0.0177. The number of methoxy groups -OCH3 is 2. The fourth-order valence-corrected chi connectivity index (χ4v) is 1.08. The predicted molar refractivity (Wildman–Crippen MR) is 51.6 cm³/mol. The Bertz CT molecular complexity index is 170. The van der Waals surface area contributed by atoms with Crippen LogP contribution in [0.4, 0.5) is 0 Å². The first-order valence-corrected chi connectivity index (χ1v) is 4.21. The maximum atomic E-state index is 5.35. The van der Waals surface area contributed by atoms with Crippen LogP contribution in [-0.4, -0.2) is 26.6 Å². The predicted octanol–water partition coefficient (Wildman–Crippen LogP) is 0.241. The average molecular weight is 186 g/mol. The molecule has 0 heterocycles. The van der Waals surface area contributed by atoms with E-state index in [9.17, 15) is 0 Å². The van der Waals surface area contributed by atoms with Gasteiger partial charge < -0.3 is 9.47 Å². The van der Waals surface area contributed by atoms with E-state index >= 15 is 0 Å². The smallest absolute Gasteiger partial charge is 0.173 e. The molecule has 1 unspecified atom stereocenters. The molecule has 0 aliphatic rings. The summed E-state index contributed by atoms with van der Waals surface area (Å²) in [5.74, 6) is 11.1. The minimum atomic E-state index is -0.316. The molecule has 0 aliphatic heterocycles. The Hall–Kier alpha value is -0.600. The molecule has 0 aromatic carbocycles. The Morgan fingerprint density at radius 2 is 2.00 bits per heavy atom. The SMILES string of the molecule is CC#CCCC(NN)C(OC)OC. The molecule has 0 saturated carbocycles. The van der Waals surface area contributed by atoms with Crippen LogP contribution in [-0.2, 0) is 9.47 Å². The lowest BCUT2D eigenvalue weighted by Gasteiger charge is -2.22. The quantitative estimate of drug-likeness (QED) is 0.270. The number of rotatable bonds is 6. The van der Waals surface area contributed by atoms with Crippen molar-refractivity contribution in [1.29, 1.82) is 0 Å². The first-order valence-electron chi connectivity index (χ1n) is 4.21. The Balaban J connectivity index is 3.89. The summed E-state index contributed by atoms with van der Waals surface area (Å²) in [5, 5.41) is 0. The van der Waals surface area contributed by atoms with E-state index in [4.69, 9.17) is 15.3 Å². The van der Waals surface area contributed by atoms with Gasteiger partial charge in [0.15, 0.2) is 6.29 Å². The number of hydrazine groups is 1. The Labute approximate surface area is 79.7 Å². The summed E-state index contributed by atoms with van der Waals surface area (Å²) < 4.78 is 10.1. The van der Waals surface area contributed by atoms with Crippen molar-refractivity contribution in [3.63, 3.8) is 0 Å². The molecule has 1 atom stereocenters. The summed E-state index contributed by atoms with van der Waals surface area (Å²) >= 11 is 0. The molecule has 0 bridgehead atoms. The second-order valence-corrected chi connectivity index (χ2v) is 2.58. The van der Waals surface area contributed by atoms with Crippen LogP contribution in [0.25, 0.3) is 0 Å². The molecule has 0 rings (SSSR count). The lowest BCUT2D eigenvalue weighted by Crippen LogP contribution is -2.45. The molecular weight excluding hydrogens is 168 g/mol. The Morgan fingerprint density at radius 3 is 2.38 bits per heavy atom. The third-order valence-electron chi connectivity index (χ3n) is 1.76. The molecule has 0 radical (unpaired) electrons. The van der Waals surface area contributed by atoms with Crippen molar-refractivity contribution >= 4 is 0 Å². The second kappa shape index (κ2) is 8.02. The number of nitrogens with one attached hydrogen (secondary N) is 1. The largest absolute Gasteiger partial charge is 0.354 e. The lowest BCUT2D eigenvalue weighted by molar-refractivity contribution is -0.123. The van der Waals surface area contributed by atoms with Crippen molar-refractivity contribution in [2.45, 2.75) is 32.1 Å². The standard InChI is InChI=1S/C9H18N2O2/c1-4-5-6-7-8(11-10)9(12-2)13-3/h8-9,11H,6-7,10H2,1-3H3. The third kappa shape index (κ3) is 4.86. The number of hydrogen-bond donors (Lipinski definition) is 2. The molecule has 3 N–H and O–H groups in total. The van der Waals surface area contributed by atoms with E-state index in [0.717, 1.165) is 12.8 Å². The van der Waals surface area contributed by atoms with Crippen LogP contribution < -0.4 is 11.3 Å². The minimum absolute atomic E-state index is 0.0177. The van der Waals surface area contributed by atoms with Crippen LogP contribution in [0.2, 0.25) is 0 Å². The van der Waals surface area contributed by atoms with Gasteiger partial charge in [-0.2, -0.15) is 0 Å². The summed E-state index contributed by atoms with van der Waals surface area (Å²) in [5.41, 5.74) is 2.65. The van der Waals surface area contributed by atoms with Crippen molar-refractivity contribution in [1.82, 2.24) is 5.43 Å². The molecule has 0 aliphatic carbocycles. The fraction of sp³-hybridized carbons (Fsp3) is 0.778. The summed E-state index contributed by atoms with van der Waals surface area (Å²) in [6.45, 7) is 1.81. The van der Waals surface area contributed by atoms with E-state index in [-0.39, 0.29) is 12.3 Å². The van der Waals surface area contributed by atoms with Crippen molar-refractivity contribution in [3.05, 3.63) is 0 Å². The lowest BCUT2D eigenvalue weighted by atomic mass is 10.1. The zero-order valence-electron chi connectivity index (χ0n) is 8.46. The van der Waals surface area contributed by atoms with E-state index in [0.29, 0.717) is 0 Å². The molecular formula is C9H18N2O2. The van der Waals surface area contributed by atoms with Gasteiger partial charge in [-0.1, -0.05) is 0 Å². The van der Waals surface area contributed by atoms with Crippen LogP contribution in [0.1, 0.15) is 19.8 Å². The van der Waals surface area contributed by atoms with Gasteiger partial charge in [-0.25, -0.2) is 0 Å². The highest BCUT2D eigenvalue weighted by atomic mass is 16.7. The molecule has 4 heteroatoms. The zero-order valence-corrected chi connectivity index (χ0v) is 8.46. The Morgan fingerprint density at radius 1 is 1.38 bits per heavy atom. The molecule has 0 fully saturated rings. The first kappa shape index (κ1) is 12.4. The van der Waals surface area contributed by atoms with Gasteiger partial charge in [0.25, 0.3) is 0 Å². The van der Waals surface area contributed by atoms with Crippen LogP contribution in [0.3, 0.4) is 0 Å². The summed E-state index contributed by atoms with van der Waals surface area (Å²) in [4.78, 5) is 0. The van der Waals surface area contributed by atoms with Crippen molar-refractivity contribution in [2.75, 3.05) is 14.2 Å². The highest BCUT2D eigenvalue weighted by molar-refractivity contribution is 4.95. The van der Waals surface area contributed by atoms with E-state index in [1.165, 1.54) is 0 Å². The monoisotopic (exact) mass is 186 g/mol. The highest BCUT2D eigenvalue weighted by Gasteiger charge is 2.18. The molecule has 0 spiro atoms. The molecule has 0 aromatic rings. The molecule has 0 amide bonds. The van der Waals surface area contributed by atoms with Crippen molar-refractivity contribution in [3.8, 4) is 11.8 Å². The van der Waals surface area contributed by atoms with Gasteiger partial charge in [-0.05, 0) is 13.3 Å². The second-order valence-electron chi connectivity index (χ2n) is 2.58. The number of nitrogens with two attached hydrogens (primary N) is 1. The van der Waals surface area contributed by atoms with Gasteiger partial charge >= 0.3 is 0 Å². The van der Waals surface area contributed by atoms with E-state index in [2.05, 4.69) is 17.3 Å². The van der Waals surface area contributed by atoms with Gasteiger partial charge in [-0.3, -0.25) is 11.3 Å². The van der Waals surface area contributed by atoms with Crippen LogP contribution >= 0.6 is 0 Å². The molecule has 0 aromatic heterocycles. The minimum Gasteiger partial charge on any atom is -0.354 e. The van der Waals surface area contributed by atoms with Crippen molar-refractivity contribution < 1.29 is 9.47 Å². The topological polar surface area (TPSA) is 56.5 Å². The van der Waals surface area contributed by atoms with Crippen LogP contribution in [0, 0.1) is 11.8 Å². The first-order chi connectivity index (χ1) is 6.29. The summed E-state index contributed by atoms with van der Waals surface area (Å²) in [7, 11) is 3.17. The Kier molecular flexibility index (Phi) is 7.65. The zero-order chi connectivity index (χ0) is 10.1. The van der Waals surface area contributed by atoms with E-state index in [1.54, 1.807) is 14.2 Å². The number of ether oxygens (including phenoxy) is 2. The maximum Gasteiger partial charge on any atom is 0.173 e. The van der Waals surface area contributed by atoms with Gasteiger partial charge in [-0.15, -0.1) is 11.8 Å². The molecule has 0 saturated heterocycles. The van der Waals surface area contributed by atoms with Gasteiger partial charge in [0.05, 0.1) is 6.04 Å². The third-order valence-corrected chi connectivity index (χ3v) is 1.76. The molecule has 13 heavy (non-hydrogen) atoms. The highest BCUT2D eigenvalue weighted by Crippen LogP contribution is 2.04. The number of hydrogen-bond acceptors (Lipinski definition) is 4. The fourth-order valence-electron chi connectivity index (χ4n) is 1.08. The van der Waals surface area contributed by atoms with Gasteiger partial charge in [0.1, 0.15) is 0 Å².